The first-order chi connectivity index (χ1) is 11.6. The number of piperidine rings is 1. The van der Waals surface area contributed by atoms with Gasteiger partial charge in [-0.05, 0) is 32.2 Å². The fourth-order valence-electron chi connectivity index (χ4n) is 3.66. The Hall–Kier alpha value is -1.34. The first kappa shape index (κ1) is 17.5. The molecule has 0 saturated carbocycles. The summed E-state index contributed by atoms with van der Waals surface area (Å²) < 4.78 is 0. The summed E-state index contributed by atoms with van der Waals surface area (Å²) in [7, 11) is 0. The Morgan fingerprint density at radius 2 is 2.17 bits per heavy atom. The number of nitrogens with zero attached hydrogens (tertiary/aromatic N) is 4. The molecule has 2 amide bonds. The number of likely N-dealkylation sites (tertiary alicyclic amines) is 1. The Morgan fingerprint density at radius 3 is 2.83 bits per heavy atom. The molecular weight excluding hydrogens is 322 g/mol. The van der Waals surface area contributed by atoms with E-state index in [1.807, 2.05) is 16.5 Å². The Kier molecular flexibility index (Phi) is 5.94. The zero-order valence-corrected chi connectivity index (χ0v) is 15.6. The highest BCUT2D eigenvalue weighted by molar-refractivity contribution is 7.13. The second-order valence-corrected chi connectivity index (χ2v) is 8.02. The molecular formula is C17H29N5OS. The van der Waals surface area contributed by atoms with Crippen molar-refractivity contribution in [2.24, 2.45) is 5.92 Å². The maximum atomic E-state index is 12.5. The molecule has 1 aromatic rings. The van der Waals surface area contributed by atoms with Gasteiger partial charge in [-0.15, -0.1) is 11.3 Å². The van der Waals surface area contributed by atoms with Crippen molar-refractivity contribution in [2.45, 2.75) is 32.7 Å². The minimum absolute atomic E-state index is 0.0753. The van der Waals surface area contributed by atoms with Crippen LogP contribution in [0.3, 0.4) is 0 Å². The second kappa shape index (κ2) is 8.16. The highest BCUT2D eigenvalue weighted by atomic mass is 32.1. The summed E-state index contributed by atoms with van der Waals surface area (Å²) in [5, 5.41) is 6.23. The van der Waals surface area contributed by atoms with Gasteiger partial charge < -0.3 is 20.0 Å². The number of rotatable bonds is 4. The van der Waals surface area contributed by atoms with Gasteiger partial charge in [-0.25, -0.2) is 9.78 Å². The fourth-order valence-corrected chi connectivity index (χ4v) is 4.36. The largest absolute Gasteiger partial charge is 0.345 e. The first-order valence-corrected chi connectivity index (χ1v) is 9.92. The predicted molar refractivity (Wildman–Crippen MR) is 98.7 cm³/mol. The number of hydrogen-bond donors (Lipinski definition) is 1. The summed E-state index contributed by atoms with van der Waals surface area (Å²) >= 11 is 1.66. The Balaban J connectivity index is 1.40. The van der Waals surface area contributed by atoms with Crippen LogP contribution in [0.1, 0.15) is 26.7 Å². The van der Waals surface area contributed by atoms with E-state index in [0.717, 1.165) is 56.9 Å². The highest BCUT2D eigenvalue weighted by Crippen LogP contribution is 2.19. The van der Waals surface area contributed by atoms with E-state index in [-0.39, 0.29) is 12.1 Å². The number of hydrogen-bond acceptors (Lipinski definition) is 5. The Labute approximate surface area is 148 Å². The summed E-state index contributed by atoms with van der Waals surface area (Å²) in [5.74, 6) is 0.778. The van der Waals surface area contributed by atoms with Gasteiger partial charge in [-0.1, -0.05) is 6.92 Å². The van der Waals surface area contributed by atoms with E-state index in [9.17, 15) is 4.79 Å². The van der Waals surface area contributed by atoms with Crippen LogP contribution in [0.5, 0.6) is 0 Å². The van der Waals surface area contributed by atoms with Gasteiger partial charge >= 0.3 is 6.03 Å². The molecule has 134 valence electrons. The Bertz CT molecular complexity index is 515. The second-order valence-electron chi connectivity index (χ2n) is 7.15. The molecule has 3 heterocycles. The third-order valence-electron chi connectivity index (χ3n) is 4.90. The van der Waals surface area contributed by atoms with Crippen LogP contribution in [0.4, 0.5) is 9.93 Å². The predicted octanol–water partition coefficient (Wildman–Crippen LogP) is 2.10. The van der Waals surface area contributed by atoms with E-state index in [1.54, 1.807) is 11.3 Å². The first-order valence-electron chi connectivity index (χ1n) is 9.04. The molecule has 0 bridgehead atoms. The van der Waals surface area contributed by atoms with Gasteiger partial charge in [0.1, 0.15) is 0 Å². The maximum absolute atomic E-state index is 12.5. The average molecular weight is 352 g/mol. The van der Waals surface area contributed by atoms with Gasteiger partial charge in [0.2, 0.25) is 0 Å². The number of amides is 2. The molecule has 1 aromatic heterocycles. The van der Waals surface area contributed by atoms with Gasteiger partial charge in [0.05, 0.1) is 0 Å². The van der Waals surface area contributed by atoms with Crippen molar-refractivity contribution < 1.29 is 4.79 Å². The number of anilines is 1. The summed E-state index contributed by atoms with van der Waals surface area (Å²) in [6.07, 6.45) is 4.45. The molecule has 2 saturated heterocycles. The van der Waals surface area contributed by atoms with E-state index in [4.69, 9.17) is 0 Å². The molecule has 0 spiro atoms. The van der Waals surface area contributed by atoms with Crippen LogP contribution in [0.15, 0.2) is 11.6 Å². The van der Waals surface area contributed by atoms with E-state index < -0.39 is 0 Å². The highest BCUT2D eigenvalue weighted by Gasteiger charge is 2.24. The lowest BCUT2D eigenvalue weighted by Gasteiger charge is -2.36. The molecule has 0 aromatic carbocycles. The molecule has 7 heteroatoms. The molecule has 2 aliphatic rings. The van der Waals surface area contributed by atoms with E-state index in [1.165, 1.54) is 12.8 Å². The zero-order chi connectivity index (χ0) is 16.9. The standard InChI is InChI=1S/C17H29N5OS/c1-14-4-3-6-20(12-14)13-15(2)19-16(23)21-7-9-22(10-8-21)17-18-5-11-24-17/h5,11,14-15H,3-4,6-10,12-13H2,1-2H3,(H,19,23). The summed E-state index contributed by atoms with van der Waals surface area (Å²) in [6, 6.07) is 0.270. The monoisotopic (exact) mass is 351 g/mol. The van der Waals surface area contributed by atoms with Crippen LogP contribution < -0.4 is 10.2 Å². The molecule has 6 nitrogen and oxygen atoms in total. The summed E-state index contributed by atoms with van der Waals surface area (Å²) in [6.45, 7) is 11.0. The minimum atomic E-state index is 0.0753. The van der Waals surface area contributed by atoms with Gasteiger partial charge in [0.25, 0.3) is 0 Å². The van der Waals surface area contributed by atoms with Crippen LogP contribution in [-0.2, 0) is 0 Å². The maximum Gasteiger partial charge on any atom is 0.317 e. The van der Waals surface area contributed by atoms with Crippen molar-refractivity contribution >= 4 is 22.5 Å². The molecule has 2 atom stereocenters. The van der Waals surface area contributed by atoms with E-state index in [0.29, 0.717) is 0 Å². The number of nitrogens with one attached hydrogen (secondary N) is 1. The SMILES string of the molecule is CC1CCCN(CC(C)NC(=O)N2CCN(c3nccs3)CC2)C1. The van der Waals surface area contributed by atoms with Crippen molar-refractivity contribution in [1.82, 2.24) is 20.1 Å². The molecule has 2 unspecified atom stereocenters. The van der Waals surface area contributed by atoms with Crippen LogP contribution in [-0.4, -0.2) is 72.7 Å². The van der Waals surface area contributed by atoms with Gasteiger partial charge in [-0.3, -0.25) is 0 Å². The molecule has 0 radical (unpaired) electrons. The molecule has 2 aliphatic heterocycles. The molecule has 0 aliphatic carbocycles. The number of piperazine rings is 1. The topological polar surface area (TPSA) is 51.7 Å². The number of thiazole rings is 1. The third-order valence-corrected chi connectivity index (χ3v) is 5.73. The van der Waals surface area contributed by atoms with Gasteiger partial charge in [0.15, 0.2) is 5.13 Å². The summed E-state index contributed by atoms with van der Waals surface area (Å²) in [5.41, 5.74) is 0. The fraction of sp³-hybridized carbons (Fsp3) is 0.765. The lowest BCUT2D eigenvalue weighted by Crippen LogP contribution is -2.54. The molecule has 1 N–H and O–H groups in total. The number of aromatic nitrogens is 1. The molecule has 3 rings (SSSR count). The van der Waals surface area contributed by atoms with Gasteiger partial charge in [0, 0.05) is 56.9 Å². The number of carbonyl (C=O) groups is 1. The van der Waals surface area contributed by atoms with Crippen LogP contribution >= 0.6 is 11.3 Å². The zero-order valence-electron chi connectivity index (χ0n) is 14.8. The lowest BCUT2D eigenvalue weighted by atomic mass is 10.00. The van der Waals surface area contributed by atoms with Crippen molar-refractivity contribution in [3.63, 3.8) is 0 Å². The third kappa shape index (κ3) is 4.60. The smallest absolute Gasteiger partial charge is 0.317 e. The van der Waals surface area contributed by atoms with Crippen LogP contribution in [0.25, 0.3) is 0 Å². The quantitative estimate of drug-likeness (QED) is 0.902. The van der Waals surface area contributed by atoms with Crippen molar-refractivity contribution in [3.8, 4) is 0 Å². The van der Waals surface area contributed by atoms with Crippen LogP contribution in [0, 0.1) is 5.92 Å². The van der Waals surface area contributed by atoms with Crippen molar-refractivity contribution in [1.29, 1.82) is 0 Å². The van der Waals surface area contributed by atoms with E-state index in [2.05, 4.69) is 33.9 Å². The lowest BCUT2D eigenvalue weighted by molar-refractivity contribution is 0.160. The normalized spacial score (nSPS) is 24.0. The average Bonchev–Trinajstić information content (AvgIpc) is 3.09. The molecule has 2 fully saturated rings. The van der Waals surface area contributed by atoms with Gasteiger partial charge in [-0.2, -0.15) is 0 Å². The van der Waals surface area contributed by atoms with Crippen LogP contribution in [0.2, 0.25) is 0 Å². The number of carbonyl (C=O) groups excluding carboxylic acids is 1. The number of urea groups is 1. The van der Waals surface area contributed by atoms with Crippen molar-refractivity contribution in [3.05, 3.63) is 11.6 Å². The minimum Gasteiger partial charge on any atom is -0.345 e. The summed E-state index contributed by atoms with van der Waals surface area (Å²) in [4.78, 5) is 23.5. The van der Waals surface area contributed by atoms with Crippen molar-refractivity contribution in [2.75, 3.05) is 50.7 Å². The molecule has 24 heavy (non-hydrogen) atoms. The Morgan fingerprint density at radius 1 is 1.38 bits per heavy atom. The van der Waals surface area contributed by atoms with E-state index >= 15 is 0 Å².